The van der Waals surface area contributed by atoms with Crippen LogP contribution in [0.2, 0.25) is 0 Å². The number of hydrogen-bond donors (Lipinski definition) is 2. The van der Waals surface area contributed by atoms with Crippen LogP contribution in [0.1, 0.15) is 30.9 Å². The third-order valence-corrected chi connectivity index (χ3v) is 3.89. The van der Waals surface area contributed by atoms with Crippen LogP contribution in [0, 0.1) is 23.7 Å². The average Bonchev–Trinajstić information content (AvgIpc) is 2.40. The highest BCUT2D eigenvalue weighted by Crippen LogP contribution is 2.30. The van der Waals surface area contributed by atoms with E-state index in [9.17, 15) is 10.1 Å². The van der Waals surface area contributed by atoms with Gasteiger partial charge in [-0.3, -0.25) is 4.79 Å². The molecule has 0 aromatic heterocycles. The zero-order valence-corrected chi connectivity index (χ0v) is 11.4. The number of nitrogens with one attached hydrogen (secondary N) is 2. The number of rotatable bonds is 2. The first-order chi connectivity index (χ1) is 9.07. The van der Waals surface area contributed by atoms with Gasteiger partial charge in [0.2, 0.25) is 5.91 Å². The van der Waals surface area contributed by atoms with Crippen molar-refractivity contribution in [2.24, 2.45) is 5.41 Å². The van der Waals surface area contributed by atoms with Crippen LogP contribution in [0.25, 0.3) is 0 Å². The summed E-state index contributed by atoms with van der Waals surface area (Å²) >= 11 is 0. The van der Waals surface area contributed by atoms with Crippen molar-refractivity contribution in [1.29, 1.82) is 5.26 Å². The lowest BCUT2D eigenvalue weighted by Crippen LogP contribution is -2.42. The van der Waals surface area contributed by atoms with Crippen molar-refractivity contribution in [2.75, 3.05) is 18.4 Å². The van der Waals surface area contributed by atoms with Crippen molar-refractivity contribution in [1.82, 2.24) is 5.32 Å². The maximum Gasteiger partial charge on any atom is 0.230 e. The predicted octanol–water partition coefficient (Wildman–Crippen LogP) is 2.19. The van der Waals surface area contributed by atoms with Gasteiger partial charge in [-0.2, -0.15) is 5.26 Å². The Kier molecular flexibility index (Phi) is 3.87. The quantitative estimate of drug-likeness (QED) is 0.853. The van der Waals surface area contributed by atoms with E-state index < -0.39 is 0 Å². The summed E-state index contributed by atoms with van der Waals surface area (Å²) in [6.45, 7) is 5.59. The van der Waals surface area contributed by atoms with Gasteiger partial charge < -0.3 is 10.6 Å². The minimum atomic E-state index is -0.346. The van der Waals surface area contributed by atoms with Gasteiger partial charge in [0, 0.05) is 5.41 Å². The van der Waals surface area contributed by atoms with E-state index in [1.807, 2.05) is 26.0 Å². The van der Waals surface area contributed by atoms with Crippen molar-refractivity contribution < 1.29 is 4.79 Å². The Bertz CT molecular complexity index is 525. The van der Waals surface area contributed by atoms with E-state index >= 15 is 0 Å². The Balaban J connectivity index is 2.20. The highest BCUT2D eigenvalue weighted by atomic mass is 16.2. The highest BCUT2D eigenvalue weighted by molar-refractivity contribution is 5.96. The molecule has 0 bridgehead atoms. The molecule has 1 aromatic rings. The number of carbonyl (C=O) groups is 1. The number of nitriles is 1. The maximum absolute atomic E-state index is 12.4. The molecular weight excluding hydrogens is 238 g/mol. The zero-order valence-electron chi connectivity index (χ0n) is 11.4. The van der Waals surface area contributed by atoms with E-state index in [2.05, 4.69) is 16.7 Å². The van der Waals surface area contributed by atoms with Gasteiger partial charge in [-0.15, -0.1) is 0 Å². The van der Waals surface area contributed by atoms with Gasteiger partial charge in [0.25, 0.3) is 0 Å². The number of amides is 1. The van der Waals surface area contributed by atoms with Crippen LogP contribution in [-0.2, 0) is 4.79 Å². The molecule has 1 aliphatic heterocycles. The Morgan fingerprint density at radius 3 is 2.74 bits per heavy atom. The van der Waals surface area contributed by atoms with Crippen LogP contribution in [0.3, 0.4) is 0 Å². The molecule has 2 rings (SSSR count). The van der Waals surface area contributed by atoms with Gasteiger partial charge in [0.15, 0.2) is 0 Å². The first-order valence-electron chi connectivity index (χ1n) is 6.59. The molecule has 1 aliphatic rings. The Labute approximate surface area is 113 Å². The SMILES string of the molecule is Cc1cccc(NC(=O)C2(C)CCNCC2)c1C#N. The molecule has 0 atom stereocenters. The minimum Gasteiger partial charge on any atom is -0.324 e. The molecule has 0 saturated carbocycles. The molecule has 4 heteroatoms. The van der Waals surface area contributed by atoms with Gasteiger partial charge in [-0.1, -0.05) is 19.1 Å². The number of benzene rings is 1. The lowest BCUT2D eigenvalue weighted by Gasteiger charge is -2.32. The van der Waals surface area contributed by atoms with Crippen LogP contribution < -0.4 is 10.6 Å². The molecule has 1 fully saturated rings. The number of piperidine rings is 1. The summed E-state index contributed by atoms with van der Waals surface area (Å²) in [6.07, 6.45) is 1.65. The third-order valence-electron chi connectivity index (χ3n) is 3.89. The van der Waals surface area contributed by atoms with Crippen LogP contribution >= 0.6 is 0 Å². The van der Waals surface area contributed by atoms with Crippen molar-refractivity contribution in [3.63, 3.8) is 0 Å². The van der Waals surface area contributed by atoms with E-state index in [4.69, 9.17) is 0 Å². The summed E-state index contributed by atoms with van der Waals surface area (Å²) in [5.41, 5.74) is 1.71. The summed E-state index contributed by atoms with van der Waals surface area (Å²) in [7, 11) is 0. The van der Waals surface area contributed by atoms with Gasteiger partial charge in [0.1, 0.15) is 6.07 Å². The van der Waals surface area contributed by atoms with E-state index in [1.165, 1.54) is 0 Å². The maximum atomic E-state index is 12.4. The lowest BCUT2D eigenvalue weighted by atomic mass is 9.80. The highest BCUT2D eigenvalue weighted by Gasteiger charge is 2.34. The second-order valence-electron chi connectivity index (χ2n) is 5.37. The lowest BCUT2D eigenvalue weighted by molar-refractivity contribution is -0.126. The Morgan fingerprint density at radius 2 is 2.11 bits per heavy atom. The fourth-order valence-corrected chi connectivity index (χ4v) is 2.40. The van der Waals surface area contributed by atoms with Gasteiger partial charge in [-0.25, -0.2) is 0 Å². The molecule has 0 aliphatic carbocycles. The van der Waals surface area contributed by atoms with E-state index in [0.717, 1.165) is 31.5 Å². The molecular formula is C15H19N3O. The number of carbonyl (C=O) groups excluding carboxylic acids is 1. The van der Waals surface area contributed by atoms with Crippen molar-refractivity contribution in [3.05, 3.63) is 29.3 Å². The summed E-state index contributed by atoms with van der Waals surface area (Å²) < 4.78 is 0. The molecule has 100 valence electrons. The van der Waals surface area contributed by atoms with Crippen LogP contribution in [0.5, 0.6) is 0 Å². The molecule has 1 amide bonds. The second kappa shape index (κ2) is 5.41. The van der Waals surface area contributed by atoms with E-state index in [-0.39, 0.29) is 11.3 Å². The Hall–Kier alpha value is -1.86. The van der Waals surface area contributed by atoms with E-state index in [1.54, 1.807) is 6.07 Å². The summed E-state index contributed by atoms with van der Waals surface area (Å²) in [6, 6.07) is 7.68. The first-order valence-corrected chi connectivity index (χ1v) is 6.59. The first kappa shape index (κ1) is 13.6. The fourth-order valence-electron chi connectivity index (χ4n) is 2.40. The van der Waals surface area contributed by atoms with Crippen molar-refractivity contribution in [3.8, 4) is 6.07 Å². The summed E-state index contributed by atoms with van der Waals surface area (Å²) in [5, 5.41) is 15.4. The van der Waals surface area contributed by atoms with Gasteiger partial charge in [-0.05, 0) is 44.5 Å². The van der Waals surface area contributed by atoms with Crippen molar-refractivity contribution in [2.45, 2.75) is 26.7 Å². The molecule has 0 radical (unpaired) electrons. The van der Waals surface area contributed by atoms with Crippen LogP contribution in [0.15, 0.2) is 18.2 Å². The molecule has 1 saturated heterocycles. The number of aryl methyl sites for hydroxylation is 1. The third kappa shape index (κ3) is 2.77. The molecule has 19 heavy (non-hydrogen) atoms. The molecule has 0 unspecified atom stereocenters. The molecule has 4 nitrogen and oxygen atoms in total. The number of anilines is 1. The minimum absolute atomic E-state index is 0.0103. The Morgan fingerprint density at radius 1 is 1.42 bits per heavy atom. The molecule has 2 N–H and O–H groups in total. The normalized spacial score (nSPS) is 17.5. The van der Waals surface area contributed by atoms with Gasteiger partial charge in [0.05, 0.1) is 11.3 Å². The number of hydrogen-bond acceptors (Lipinski definition) is 3. The summed E-state index contributed by atoms with van der Waals surface area (Å²) in [5.74, 6) is 0.0103. The smallest absolute Gasteiger partial charge is 0.230 e. The predicted molar refractivity (Wildman–Crippen MR) is 74.7 cm³/mol. The molecule has 0 spiro atoms. The fraction of sp³-hybridized carbons (Fsp3) is 0.467. The van der Waals surface area contributed by atoms with E-state index in [0.29, 0.717) is 11.3 Å². The van der Waals surface area contributed by atoms with Gasteiger partial charge >= 0.3 is 0 Å². The summed E-state index contributed by atoms with van der Waals surface area (Å²) in [4.78, 5) is 12.4. The standard InChI is InChI=1S/C15H19N3O/c1-11-4-3-5-13(12(11)10-16)18-14(19)15(2)6-8-17-9-7-15/h3-5,17H,6-9H2,1-2H3,(H,18,19). The topological polar surface area (TPSA) is 64.9 Å². The zero-order chi connectivity index (χ0) is 13.9. The van der Waals surface area contributed by atoms with Crippen molar-refractivity contribution >= 4 is 11.6 Å². The largest absolute Gasteiger partial charge is 0.324 e. The number of nitrogens with zero attached hydrogens (tertiary/aromatic N) is 1. The molecule has 1 heterocycles. The average molecular weight is 257 g/mol. The van der Waals surface area contributed by atoms with Crippen LogP contribution in [-0.4, -0.2) is 19.0 Å². The monoisotopic (exact) mass is 257 g/mol. The van der Waals surface area contributed by atoms with Crippen LogP contribution in [0.4, 0.5) is 5.69 Å². The molecule has 1 aromatic carbocycles. The second-order valence-corrected chi connectivity index (χ2v) is 5.37.